The van der Waals surface area contributed by atoms with Crippen LogP contribution in [-0.4, -0.2) is 121 Å². The predicted octanol–water partition coefficient (Wildman–Crippen LogP) is 8.48. The van der Waals surface area contributed by atoms with E-state index in [1.165, 1.54) is 4.90 Å². The van der Waals surface area contributed by atoms with Crippen molar-refractivity contribution >= 4 is 29.2 Å². The Morgan fingerprint density at radius 2 is 1.59 bits per heavy atom. The van der Waals surface area contributed by atoms with Gasteiger partial charge in [-0.2, -0.15) is 0 Å². The smallest absolute Gasteiger partial charge is 0.329 e. The zero-order chi connectivity index (χ0) is 50.3. The highest BCUT2D eigenvalue weighted by molar-refractivity contribution is 6.39. The number of cyclic esters (lactones) is 1. The van der Waals surface area contributed by atoms with Gasteiger partial charge in [0.2, 0.25) is 5.79 Å². The van der Waals surface area contributed by atoms with Crippen molar-refractivity contribution in [2.45, 2.75) is 188 Å². The molecule has 68 heavy (non-hydrogen) atoms. The van der Waals surface area contributed by atoms with E-state index >= 15 is 0 Å². The maximum atomic E-state index is 14.5. The minimum absolute atomic E-state index is 0.00127. The molecule has 1 amide bonds. The largest absolute Gasteiger partial charge is 0.460 e. The number of Topliss-reactive ketones (excluding diaryl/α,β-unsaturated/α-hetero) is 3. The van der Waals surface area contributed by atoms with Crippen LogP contribution in [0.3, 0.4) is 0 Å². The van der Waals surface area contributed by atoms with Crippen molar-refractivity contribution in [3.63, 3.8) is 0 Å². The lowest BCUT2D eigenvalue weighted by atomic mass is 9.74. The number of hydrogen-bond donors (Lipinski definition) is 2. The highest BCUT2D eigenvalue weighted by Crippen LogP contribution is 2.39. The number of ketones is 3. The van der Waals surface area contributed by atoms with Crippen LogP contribution in [0.1, 0.15) is 145 Å². The molecule has 2 bridgehead atoms. The van der Waals surface area contributed by atoms with Crippen molar-refractivity contribution < 1.29 is 57.9 Å². The van der Waals surface area contributed by atoms with Gasteiger partial charge in [-0.25, -0.2) is 4.79 Å². The van der Waals surface area contributed by atoms with E-state index in [0.717, 1.165) is 43.3 Å². The maximum Gasteiger partial charge on any atom is 0.329 e. The zero-order valence-corrected chi connectivity index (χ0v) is 43.3. The van der Waals surface area contributed by atoms with Crippen LogP contribution in [0.5, 0.6) is 0 Å². The Labute approximate surface area is 407 Å². The van der Waals surface area contributed by atoms with Crippen molar-refractivity contribution in [3.05, 3.63) is 47.6 Å². The Bertz CT molecular complexity index is 1800. The average molecular weight is 954 g/mol. The van der Waals surface area contributed by atoms with Gasteiger partial charge in [0.1, 0.15) is 24.0 Å². The zero-order valence-electron chi connectivity index (χ0n) is 43.3. The number of allylic oxidation sites excluding steroid dienone is 6. The molecule has 0 aromatic heterocycles. The molecule has 0 aromatic carbocycles. The topological polar surface area (TPSA) is 175 Å². The lowest BCUT2D eigenvalue weighted by Crippen LogP contribution is -2.61. The van der Waals surface area contributed by atoms with Crippen LogP contribution in [0.15, 0.2) is 47.6 Å². The second kappa shape index (κ2) is 27.3. The van der Waals surface area contributed by atoms with Gasteiger partial charge in [0.25, 0.3) is 11.7 Å². The minimum Gasteiger partial charge on any atom is -0.460 e. The molecule has 3 heterocycles. The van der Waals surface area contributed by atoms with Crippen LogP contribution in [-0.2, 0) is 47.7 Å². The average Bonchev–Trinajstić information content (AvgIpc) is 3.32. The lowest BCUT2D eigenvalue weighted by molar-refractivity contribution is -0.265. The monoisotopic (exact) mass is 954 g/mol. The summed E-state index contributed by atoms with van der Waals surface area (Å²) in [6, 6.07) is -1.10. The van der Waals surface area contributed by atoms with Crippen molar-refractivity contribution in [1.82, 2.24) is 4.90 Å². The van der Waals surface area contributed by atoms with Crippen molar-refractivity contribution in [1.29, 1.82) is 0 Å². The van der Waals surface area contributed by atoms with Crippen LogP contribution < -0.4 is 0 Å². The summed E-state index contributed by atoms with van der Waals surface area (Å²) in [7, 11) is 4.87. The molecule has 1 unspecified atom stereocenters. The molecule has 0 spiro atoms. The lowest BCUT2D eigenvalue weighted by Gasteiger charge is -2.42. The van der Waals surface area contributed by atoms with E-state index in [2.05, 4.69) is 13.0 Å². The molecule has 3 fully saturated rings. The van der Waals surface area contributed by atoms with E-state index < -0.39 is 65.7 Å². The number of carbonyl (C=O) groups is 5. The van der Waals surface area contributed by atoms with E-state index in [1.54, 1.807) is 28.3 Å². The van der Waals surface area contributed by atoms with Gasteiger partial charge in [-0.05, 0) is 120 Å². The number of aliphatic hydroxyl groups is 2. The highest BCUT2D eigenvalue weighted by Gasteiger charge is 2.53. The molecule has 2 N–H and O–H groups in total. The Balaban J connectivity index is 1.70. The van der Waals surface area contributed by atoms with Gasteiger partial charge < -0.3 is 38.8 Å². The quantitative estimate of drug-likeness (QED) is 0.128. The second-order valence-corrected chi connectivity index (χ2v) is 21.0. The van der Waals surface area contributed by atoms with Gasteiger partial charge in [0, 0.05) is 71.0 Å². The Morgan fingerprint density at radius 1 is 0.853 bits per heavy atom. The van der Waals surface area contributed by atoms with Crippen LogP contribution in [0, 0.1) is 47.3 Å². The number of methoxy groups -OCH3 is 3. The minimum atomic E-state index is -2.41. The molecule has 1 aliphatic carbocycles. The molecular formula is C55H87NO12. The van der Waals surface area contributed by atoms with Crippen LogP contribution in [0.4, 0.5) is 0 Å². The van der Waals surface area contributed by atoms with Gasteiger partial charge in [-0.1, -0.05) is 83.6 Å². The van der Waals surface area contributed by atoms with Crippen molar-refractivity contribution in [3.8, 4) is 0 Å². The van der Waals surface area contributed by atoms with Crippen LogP contribution in [0.25, 0.3) is 0 Å². The third-order valence-corrected chi connectivity index (χ3v) is 15.8. The molecule has 4 rings (SSSR count). The third kappa shape index (κ3) is 15.3. The van der Waals surface area contributed by atoms with Gasteiger partial charge >= 0.3 is 5.97 Å². The second-order valence-electron chi connectivity index (χ2n) is 21.0. The SMILES string of the molecule is CO[C@H]1C[C@@H]2CC[C@@H](C)[C@@](O)(O2)C(=O)C(=O)N2CCCC[C@H]2C(=O)OC([C@H](C)C[C@@H]2CC[C@@H](CCCO)[C@H](OC)C2)CC(=O)[C@H](C)/C=C(\C)[C@@H](C)[C@@H](OC)C(=O)[C@H](C)C[C@H](C)/C=C/C=C/C=C/1C. The fourth-order valence-electron chi connectivity index (χ4n) is 11.1. The first-order chi connectivity index (χ1) is 32.3. The standard InChI is InChI=1S/C55H87NO12/c1-34-18-13-12-14-19-35(2)47(64-9)32-44-25-22-40(7)55(63,68-44)52(60)53(61)56-26-16-15-21-45(56)54(62)67-48(38(5)30-42-23-24-43(20-17-27-57)49(31-42)65-10)33-46(58)37(4)29-36(3)41(8)51(66-11)50(59)39(6)28-34/h12-14,18-19,29,34,37-45,47-49,51,57,63H,15-17,20-28,30-33H2,1-11H3/b14-12+,18-13+,35-19+,36-29+/t34-,37-,38-,39-,40-,41-,42+,43-,44+,45+,47+,48?,49-,51-,55-/m1/s1. The van der Waals surface area contributed by atoms with Gasteiger partial charge in [0.15, 0.2) is 5.78 Å². The number of rotatable bonds is 9. The molecular weight excluding hydrogens is 867 g/mol. The predicted molar refractivity (Wildman–Crippen MR) is 262 cm³/mol. The molecule has 0 aromatic rings. The number of ether oxygens (including phenoxy) is 5. The fraction of sp³-hybridized carbons (Fsp3) is 0.764. The van der Waals surface area contributed by atoms with Gasteiger partial charge in [0.05, 0.1) is 18.3 Å². The van der Waals surface area contributed by atoms with E-state index in [-0.39, 0.29) is 73.3 Å². The van der Waals surface area contributed by atoms with Crippen molar-refractivity contribution in [2.24, 2.45) is 47.3 Å². The molecule has 15 atom stereocenters. The number of nitrogens with zero attached hydrogens (tertiary/aromatic N) is 1. The summed E-state index contributed by atoms with van der Waals surface area (Å²) in [5.41, 5.74) is 1.75. The van der Waals surface area contributed by atoms with E-state index in [9.17, 15) is 34.2 Å². The van der Waals surface area contributed by atoms with E-state index in [0.29, 0.717) is 50.9 Å². The normalized spacial score (nSPS) is 39.2. The van der Waals surface area contributed by atoms with Crippen LogP contribution >= 0.6 is 0 Å². The number of aliphatic hydroxyl groups excluding tert-OH is 1. The molecule has 3 aliphatic heterocycles. The van der Waals surface area contributed by atoms with Crippen molar-refractivity contribution in [2.75, 3.05) is 34.5 Å². The maximum absolute atomic E-state index is 14.5. The number of piperidine rings is 1. The summed E-state index contributed by atoms with van der Waals surface area (Å²) in [4.78, 5) is 72.5. The first kappa shape index (κ1) is 57.3. The number of amides is 1. The number of esters is 1. The molecule has 13 heteroatoms. The first-order valence-electron chi connectivity index (χ1n) is 25.7. The molecule has 1 saturated carbocycles. The molecule has 13 nitrogen and oxygen atoms in total. The van der Waals surface area contributed by atoms with E-state index in [4.69, 9.17) is 23.7 Å². The summed E-state index contributed by atoms with van der Waals surface area (Å²) in [6.07, 6.45) is 17.5. The highest BCUT2D eigenvalue weighted by atomic mass is 16.6. The summed E-state index contributed by atoms with van der Waals surface area (Å²) in [5, 5.41) is 21.5. The fourth-order valence-corrected chi connectivity index (χ4v) is 11.1. The van der Waals surface area contributed by atoms with Gasteiger partial charge in [-0.3, -0.25) is 19.2 Å². The summed E-state index contributed by atoms with van der Waals surface area (Å²) in [6.45, 7) is 15.6. The number of hydrogen-bond acceptors (Lipinski definition) is 12. The summed E-state index contributed by atoms with van der Waals surface area (Å²) in [5.74, 6) is -6.72. The molecule has 0 radical (unpaired) electrons. The summed E-state index contributed by atoms with van der Waals surface area (Å²) >= 11 is 0. The van der Waals surface area contributed by atoms with Gasteiger partial charge in [-0.15, -0.1) is 0 Å². The molecule has 4 aliphatic rings. The summed E-state index contributed by atoms with van der Waals surface area (Å²) < 4.78 is 30.2. The first-order valence-corrected chi connectivity index (χ1v) is 25.7. The Morgan fingerprint density at radius 3 is 2.26 bits per heavy atom. The van der Waals surface area contributed by atoms with Crippen LogP contribution in [0.2, 0.25) is 0 Å². The third-order valence-electron chi connectivity index (χ3n) is 15.8. The van der Waals surface area contributed by atoms with E-state index in [1.807, 2.05) is 71.9 Å². The Hall–Kier alpha value is -3.33. The molecule has 384 valence electrons. The molecule has 2 saturated heterocycles. The Kier molecular flexibility index (Phi) is 23.0. The number of carbonyl (C=O) groups excluding carboxylic acids is 5. The number of fused-ring (bicyclic) bond motifs is 3.